The maximum absolute atomic E-state index is 11.8. The average molecular weight is 293 g/mol. The van der Waals surface area contributed by atoms with Crippen LogP contribution in [-0.2, 0) is 9.59 Å². The van der Waals surface area contributed by atoms with E-state index in [0.29, 0.717) is 6.42 Å². The molecule has 0 aromatic heterocycles. The molecule has 0 saturated carbocycles. The van der Waals surface area contributed by atoms with Gasteiger partial charge in [-0.15, -0.1) is 0 Å². The molecule has 1 amide bonds. The van der Waals surface area contributed by atoms with Crippen LogP contribution in [0.1, 0.15) is 37.8 Å². The first-order valence-corrected chi connectivity index (χ1v) is 7.03. The monoisotopic (exact) mass is 293 g/mol. The van der Waals surface area contributed by atoms with Gasteiger partial charge in [0.15, 0.2) is 0 Å². The topological polar surface area (TPSA) is 75.6 Å². The van der Waals surface area contributed by atoms with Crippen LogP contribution in [0.2, 0.25) is 0 Å². The maximum Gasteiger partial charge on any atom is 0.329 e. The molecule has 1 aromatic carbocycles. The highest BCUT2D eigenvalue weighted by Gasteiger charge is 2.32. The number of carbonyl (C=O) groups is 2. The molecule has 1 atom stereocenters. The van der Waals surface area contributed by atoms with E-state index in [1.54, 1.807) is 6.92 Å². The first-order valence-electron chi connectivity index (χ1n) is 7.03. The molecule has 0 spiro atoms. The quantitative estimate of drug-likeness (QED) is 0.809. The highest BCUT2D eigenvalue weighted by Crippen LogP contribution is 2.19. The van der Waals surface area contributed by atoms with E-state index >= 15 is 0 Å². The Labute approximate surface area is 125 Å². The summed E-state index contributed by atoms with van der Waals surface area (Å²) in [5.74, 6) is -0.611. The molecule has 0 radical (unpaired) electrons. The average Bonchev–Trinajstić information content (AvgIpc) is 2.42. The first-order chi connectivity index (χ1) is 9.78. The van der Waals surface area contributed by atoms with Crippen molar-refractivity contribution in [2.24, 2.45) is 0 Å². The molecule has 5 nitrogen and oxygen atoms in total. The molecule has 5 heteroatoms. The lowest BCUT2D eigenvalue weighted by Gasteiger charge is -2.24. The Morgan fingerprint density at radius 3 is 2.57 bits per heavy atom. The van der Waals surface area contributed by atoms with Crippen LogP contribution < -0.4 is 10.1 Å². The number of hydrogen-bond donors (Lipinski definition) is 2. The van der Waals surface area contributed by atoms with Gasteiger partial charge >= 0.3 is 5.97 Å². The van der Waals surface area contributed by atoms with E-state index in [1.165, 1.54) is 6.92 Å². The predicted octanol–water partition coefficient (Wildman–Crippen LogP) is 2.44. The minimum Gasteiger partial charge on any atom is -0.493 e. The zero-order valence-electron chi connectivity index (χ0n) is 13.0. The van der Waals surface area contributed by atoms with Crippen LogP contribution in [0.4, 0.5) is 0 Å². The van der Waals surface area contributed by atoms with Gasteiger partial charge in [0.2, 0.25) is 5.91 Å². The molecule has 1 aromatic rings. The number of aliphatic carboxylic acids is 1. The largest absolute Gasteiger partial charge is 0.493 e. The molecule has 2 N–H and O–H groups in total. The lowest BCUT2D eigenvalue weighted by atomic mass is 9.99. The molecule has 1 rings (SSSR count). The number of rotatable bonds is 7. The highest BCUT2D eigenvalue weighted by molar-refractivity contribution is 5.86. The molecular formula is C16H23NO4. The summed E-state index contributed by atoms with van der Waals surface area (Å²) in [6.07, 6.45) is 0.447. The fourth-order valence-electron chi connectivity index (χ4n) is 1.78. The van der Waals surface area contributed by atoms with Crippen molar-refractivity contribution < 1.29 is 19.4 Å². The van der Waals surface area contributed by atoms with Gasteiger partial charge in [0.1, 0.15) is 11.3 Å². The SMILES string of the molecule is CCC(C)(NC(=O)CCOc1cc(C)ccc1C)C(=O)O. The Bertz CT molecular complexity index is 527. The summed E-state index contributed by atoms with van der Waals surface area (Å²) in [5, 5.41) is 11.6. The van der Waals surface area contributed by atoms with Crippen LogP contribution >= 0.6 is 0 Å². The van der Waals surface area contributed by atoms with E-state index in [9.17, 15) is 9.59 Å². The molecular weight excluding hydrogens is 270 g/mol. The van der Waals surface area contributed by atoms with Crippen molar-refractivity contribution in [1.29, 1.82) is 0 Å². The number of amides is 1. The minimum atomic E-state index is -1.23. The standard InChI is InChI=1S/C16H23NO4/c1-5-16(4,15(19)20)17-14(18)8-9-21-13-10-11(2)6-7-12(13)3/h6-7,10H,5,8-9H2,1-4H3,(H,17,18)(H,19,20). The van der Waals surface area contributed by atoms with E-state index in [2.05, 4.69) is 5.32 Å². The van der Waals surface area contributed by atoms with Crippen LogP contribution in [0, 0.1) is 13.8 Å². The van der Waals surface area contributed by atoms with E-state index in [0.717, 1.165) is 16.9 Å². The van der Waals surface area contributed by atoms with E-state index < -0.39 is 11.5 Å². The van der Waals surface area contributed by atoms with Gasteiger partial charge in [0.25, 0.3) is 0 Å². The van der Waals surface area contributed by atoms with Gasteiger partial charge in [-0.05, 0) is 44.4 Å². The molecule has 1 unspecified atom stereocenters. The lowest BCUT2D eigenvalue weighted by molar-refractivity contribution is -0.147. The third-order valence-electron chi connectivity index (χ3n) is 3.52. The molecule has 21 heavy (non-hydrogen) atoms. The van der Waals surface area contributed by atoms with Gasteiger partial charge in [-0.1, -0.05) is 19.1 Å². The van der Waals surface area contributed by atoms with E-state index in [1.807, 2.05) is 32.0 Å². The smallest absolute Gasteiger partial charge is 0.329 e. The van der Waals surface area contributed by atoms with Crippen molar-refractivity contribution >= 4 is 11.9 Å². The summed E-state index contributed by atoms with van der Waals surface area (Å²) >= 11 is 0. The van der Waals surface area contributed by atoms with Crippen LogP contribution in [0.3, 0.4) is 0 Å². The number of carboxylic acids is 1. The second-order valence-electron chi connectivity index (χ2n) is 5.41. The van der Waals surface area contributed by atoms with Gasteiger partial charge < -0.3 is 15.2 Å². The lowest BCUT2D eigenvalue weighted by Crippen LogP contribution is -2.51. The van der Waals surface area contributed by atoms with Crippen LogP contribution in [0.15, 0.2) is 18.2 Å². The normalized spacial score (nSPS) is 13.3. The summed E-state index contributed by atoms with van der Waals surface area (Å²) in [7, 11) is 0. The second-order valence-corrected chi connectivity index (χ2v) is 5.41. The summed E-state index contributed by atoms with van der Waals surface area (Å²) in [5.41, 5.74) is 0.866. The second kappa shape index (κ2) is 7.11. The van der Waals surface area contributed by atoms with Crippen molar-refractivity contribution in [1.82, 2.24) is 5.32 Å². The van der Waals surface area contributed by atoms with Crippen LogP contribution in [0.25, 0.3) is 0 Å². The number of nitrogens with one attached hydrogen (secondary N) is 1. The first kappa shape index (κ1) is 17.0. The third kappa shape index (κ3) is 4.77. The van der Waals surface area contributed by atoms with Crippen LogP contribution in [-0.4, -0.2) is 29.1 Å². The zero-order chi connectivity index (χ0) is 16.0. The van der Waals surface area contributed by atoms with Crippen molar-refractivity contribution in [3.8, 4) is 5.75 Å². The van der Waals surface area contributed by atoms with Gasteiger partial charge in [0.05, 0.1) is 13.0 Å². The molecule has 0 bridgehead atoms. The van der Waals surface area contributed by atoms with E-state index in [4.69, 9.17) is 9.84 Å². The molecule has 116 valence electrons. The molecule has 0 saturated heterocycles. The highest BCUT2D eigenvalue weighted by atomic mass is 16.5. The van der Waals surface area contributed by atoms with E-state index in [-0.39, 0.29) is 18.9 Å². The summed E-state index contributed by atoms with van der Waals surface area (Å²) in [6, 6.07) is 5.87. The Kier molecular flexibility index (Phi) is 5.76. The van der Waals surface area contributed by atoms with Crippen molar-refractivity contribution in [3.63, 3.8) is 0 Å². The molecule has 0 aliphatic heterocycles. The predicted molar refractivity (Wildman–Crippen MR) is 80.5 cm³/mol. The van der Waals surface area contributed by atoms with Crippen molar-refractivity contribution in [2.75, 3.05) is 6.61 Å². The number of ether oxygens (including phenoxy) is 1. The Morgan fingerprint density at radius 1 is 1.33 bits per heavy atom. The molecule has 0 fully saturated rings. The number of carbonyl (C=O) groups excluding carboxylic acids is 1. The number of hydrogen-bond acceptors (Lipinski definition) is 3. The van der Waals surface area contributed by atoms with Crippen molar-refractivity contribution in [3.05, 3.63) is 29.3 Å². The zero-order valence-corrected chi connectivity index (χ0v) is 13.0. The summed E-state index contributed by atoms with van der Waals surface area (Å²) < 4.78 is 5.59. The minimum absolute atomic E-state index is 0.121. The number of aryl methyl sites for hydroxylation is 2. The van der Waals surface area contributed by atoms with Gasteiger partial charge in [-0.25, -0.2) is 4.79 Å². The van der Waals surface area contributed by atoms with Crippen LogP contribution in [0.5, 0.6) is 5.75 Å². The van der Waals surface area contributed by atoms with Gasteiger partial charge in [-0.3, -0.25) is 4.79 Å². The summed E-state index contributed by atoms with van der Waals surface area (Å²) in [4.78, 5) is 22.9. The Balaban J connectivity index is 2.50. The Hall–Kier alpha value is -2.04. The fourth-order valence-corrected chi connectivity index (χ4v) is 1.78. The van der Waals surface area contributed by atoms with Crippen molar-refractivity contribution in [2.45, 2.75) is 46.1 Å². The number of carboxylic acid groups (broad SMARTS) is 1. The summed E-state index contributed by atoms with van der Waals surface area (Å²) in [6.45, 7) is 7.35. The van der Waals surface area contributed by atoms with Gasteiger partial charge in [-0.2, -0.15) is 0 Å². The molecule has 0 aliphatic rings. The molecule has 0 heterocycles. The van der Waals surface area contributed by atoms with Gasteiger partial charge in [0, 0.05) is 0 Å². The third-order valence-corrected chi connectivity index (χ3v) is 3.52. The fraction of sp³-hybridized carbons (Fsp3) is 0.500. The number of benzene rings is 1. The Morgan fingerprint density at radius 2 is 2.00 bits per heavy atom. The molecule has 0 aliphatic carbocycles. The maximum atomic E-state index is 11.8.